The van der Waals surface area contributed by atoms with E-state index in [-0.39, 0.29) is 18.5 Å². The van der Waals surface area contributed by atoms with Crippen molar-refractivity contribution in [2.75, 3.05) is 7.11 Å². The van der Waals surface area contributed by atoms with E-state index in [9.17, 15) is 4.79 Å². The van der Waals surface area contributed by atoms with E-state index in [1.807, 2.05) is 48.7 Å². The van der Waals surface area contributed by atoms with E-state index in [1.54, 1.807) is 23.0 Å². The Kier molecular flexibility index (Phi) is 5.30. The lowest BCUT2D eigenvalue weighted by Crippen LogP contribution is -2.30. The van der Waals surface area contributed by atoms with Gasteiger partial charge in [0.1, 0.15) is 12.3 Å². The van der Waals surface area contributed by atoms with E-state index in [2.05, 4.69) is 15.5 Å². The van der Waals surface area contributed by atoms with E-state index in [1.165, 1.54) is 0 Å². The first-order chi connectivity index (χ1) is 12.1. The molecule has 0 spiro atoms. The predicted octanol–water partition coefficient (Wildman–Crippen LogP) is 3.56. The standard InChI is InChI=1S/C17H18N4O2S2/c1-11(12-6-3-4-7-13(12)23-2)18-15(22)10-21-16(19-20-17(21)24)14-8-5-9-25-14/h3-9,11H,10H2,1-2H3,(H,18,22)(H,20,24). The van der Waals surface area contributed by atoms with Crippen LogP contribution in [0.3, 0.4) is 0 Å². The van der Waals surface area contributed by atoms with Crippen molar-refractivity contribution in [3.05, 3.63) is 52.1 Å². The quantitative estimate of drug-likeness (QED) is 0.647. The maximum absolute atomic E-state index is 12.5. The average molecular weight is 374 g/mol. The molecule has 1 amide bonds. The van der Waals surface area contributed by atoms with Crippen molar-refractivity contribution in [2.24, 2.45) is 0 Å². The van der Waals surface area contributed by atoms with Gasteiger partial charge in [-0.2, -0.15) is 5.10 Å². The topological polar surface area (TPSA) is 71.9 Å². The lowest BCUT2D eigenvalue weighted by atomic mass is 10.1. The van der Waals surface area contributed by atoms with Gasteiger partial charge in [-0.15, -0.1) is 11.3 Å². The third kappa shape index (κ3) is 3.80. The van der Waals surface area contributed by atoms with Crippen molar-refractivity contribution in [2.45, 2.75) is 19.5 Å². The number of aromatic amines is 1. The molecule has 0 aliphatic heterocycles. The number of H-pyrrole nitrogens is 1. The summed E-state index contributed by atoms with van der Waals surface area (Å²) in [6, 6.07) is 11.3. The molecule has 0 fully saturated rings. The summed E-state index contributed by atoms with van der Waals surface area (Å²) in [4.78, 5) is 13.5. The molecule has 1 unspecified atom stereocenters. The molecular weight excluding hydrogens is 356 g/mol. The molecule has 2 N–H and O–H groups in total. The molecule has 3 rings (SSSR count). The second kappa shape index (κ2) is 7.62. The number of nitrogens with zero attached hydrogens (tertiary/aromatic N) is 2. The number of rotatable bonds is 6. The number of hydrogen-bond acceptors (Lipinski definition) is 5. The lowest BCUT2D eigenvalue weighted by molar-refractivity contribution is -0.122. The van der Waals surface area contributed by atoms with Crippen LogP contribution < -0.4 is 10.1 Å². The maximum Gasteiger partial charge on any atom is 0.240 e. The van der Waals surface area contributed by atoms with Crippen LogP contribution in [0.25, 0.3) is 10.7 Å². The van der Waals surface area contributed by atoms with Crippen LogP contribution in [0.5, 0.6) is 5.75 Å². The molecule has 0 saturated carbocycles. The predicted molar refractivity (Wildman–Crippen MR) is 100 cm³/mol. The Bertz CT molecular complexity index is 915. The van der Waals surface area contributed by atoms with Crippen LogP contribution in [-0.4, -0.2) is 27.8 Å². The van der Waals surface area contributed by atoms with Gasteiger partial charge in [0, 0.05) is 5.56 Å². The molecule has 0 saturated heterocycles. The average Bonchev–Trinajstić information content (AvgIpc) is 3.25. The number of amides is 1. The molecule has 0 aliphatic rings. The van der Waals surface area contributed by atoms with E-state index >= 15 is 0 Å². The van der Waals surface area contributed by atoms with Crippen LogP contribution in [0.4, 0.5) is 0 Å². The monoisotopic (exact) mass is 374 g/mol. The van der Waals surface area contributed by atoms with E-state index in [0.717, 1.165) is 16.2 Å². The fourth-order valence-electron chi connectivity index (χ4n) is 2.59. The van der Waals surface area contributed by atoms with Gasteiger partial charge in [-0.3, -0.25) is 14.5 Å². The molecule has 1 aromatic carbocycles. The number of nitrogens with one attached hydrogen (secondary N) is 2. The number of ether oxygens (including phenoxy) is 1. The molecule has 2 aromatic heterocycles. The highest BCUT2D eigenvalue weighted by Crippen LogP contribution is 2.25. The molecule has 25 heavy (non-hydrogen) atoms. The third-order valence-electron chi connectivity index (χ3n) is 3.78. The molecule has 0 aliphatic carbocycles. The van der Waals surface area contributed by atoms with Gasteiger partial charge in [0.05, 0.1) is 18.0 Å². The summed E-state index contributed by atoms with van der Waals surface area (Å²) >= 11 is 6.81. The van der Waals surface area contributed by atoms with Crippen molar-refractivity contribution in [3.63, 3.8) is 0 Å². The summed E-state index contributed by atoms with van der Waals surface area (Å²) in [6.07, 6.45) is 0. The van der Waals surface area contributed by atoms with Crippen molar-refractivity contribution in [1.82, 2.24) is 20.1 Å². The van der Waals surface area contributed by atoms with Crippen molar-refractivity contribution in [3.8, 4) is 16.5 Å². The minimum Gasteiger partial charge on any atom is -0.496 e. The fraction of sp³-hybridized carbons (Fsp3) is 0.235. The van der Waals surface area contributed by atoms with Gasteiger partial charge in [-0.25, -0.2) is 0 Å². The first kappa shape index (κ1) is 17.4. The van der Waals surface area contributed by atoms with Crippen molar-refractivity contribution < 1.29 is 9.53 Å². The van der Waals surface area contributed by atoms with Gasteiger partial charge in [-0.1, -0.05) is 24.3 Å². The summed E-state index contributed by atoms with van der Waals surface area (Å²) in [5.41, 5.74) is 0.924. The minimum absolute atomic E-state index is 0.0993. The first-order valence-electron chi connectivity index (χ1n) is 7.71. The Balaban J connectivity index is 1.75. The number of hydrogen-bond donors (Lipinski definition) is 2. The Hall–Kier alpha value is -2.45. The second-order valence-corrected chi connectivity index (χ2v) is 6.78. The molecule has 130 valence electrons. The van der Waals surface area contributed by atoms with Crippen LogP contribution in [-0.2, 0) is 11.3 Å². The van der Waals surface area contributed by atoms with E-state index in [0.29, 0.717) is 10.6 Å². The van der Waals surface area contributed by atoms with Crippen LogP contribution >= 0.6 is 23.6 Å². The zero-order chi connectivity index (χ0) is 17.8. The Morgan fingerprint density at radius 3 is 2.92 bits per heavy atom. The summed E-state index contributed by atoms with van der Waals surface area (Å²) in [6.45, 7) is 2.02. The fourth-order valence-corrected chi connectivity index (χ4v) is 3.51. The van der Waals surface area contributed by atoms with E-state index < -0.39 is 0 Å². The number of thiophene rings is 1. The highest BCUT2D eigenvalue weighted by molar-refractivity contribution is 7.71. The summed E-state index contributed by atoms with van der Waals surface area (Å²) in [7, 11) is 1.62. The van der Waals surface area contributed by atoms with Gasteiger partial charge in [0.25, 0.3) is 0 Å². The van der Waals surface area contributed by atoms with E-state index in [4.69, 9.17) is 17.0 Å². The number of carbonyl (C=O) groups is 1. The molecule has 8 heteroatoms. The molecule has 2 heterocycles. The molecule has 3 aromatic rings. The van der Waals surface area contributed by atoms with Gasteiger partial charge < -0.3 is 10.1 Å². The SMILES string of the molecule is COc1ccccc1C(C)NC(=O)Cn1c(-c2cccs2)n[nH]c1=S. The van der Waals surface area contributed by atoms with Crippen molar-refractivity contribution in [1.29, 1.82) is 0 Å². The van der Waals surface area contributed by atoms with Gasteiger partial charge in [0.15, 0.2) is 10.6 Å². The summed E-state index contributed by atoms with van der Waals surface area (Å²) in [5, 5.41) is 11.9. The maximum atomic E-state index is 12.5. The second-order valence-electron chi connectivity index (χ2n) is 5.45. The smallest absolute Gasteiger partial charge is 0.240 e. The normalized spacial score (nSPS) is 11.9. The first-order valence-corrected chi connectivity index (χ1v) is 9.00. The molecule has 6 nitrogen and oxygen atoms in total. The Morgan fingerprint density at radius 2 is 2.20 bits per heavy atom. The zero-order valence-electron chi connectivity index (χ0n) is 13.9. The largest absolute Gasteiger partial charge is 0.496 e. The molecule has 0 bridgehead atoms. The van der Waals surface area contributed by atoms with Crippen LogP contribution in [0.1, 0.15) is 18.5 Å². The third-order valence-corrected chi connectivity index (χ3v) is 4.96. The molecule has 1 atom stereocenters. The Labute approximate surface area is 154 Å². The number of methoxy groups -OCH3 is 1. The highest BCUT2D eigenvalue weighted by Gasteiger charge is 2.17. The summed E-state index contributed by atoms with van der Waals surface area (Å²) < 4.78 is 7.47. The number of aromatic nitrogens is 3. The molecule has 0 radical (unpaired) electrons. The highest BCUT2D eigenvalue weighted by atomic mass is 32.1. The number of para-hydroxylation sites is 1. The number of carbonyl (C=O) groups excluding carboxylic acids is 1. The van der Waals surface area contributed by atoms with Crippen LogP contribution in [0.2, 0.25) is 0 Å². The lowest BCUT2D eigenvalue weighted by Gasteiger charge is -2.17. The zero-order valence-corrected chi connectivity index (χ0v) is 15.5. The van der Waals surface area contributed by atoms with Gasteiger partial charge in [0.2, 0.25) is 5.91 Å². The molecular formula is C17H18N4O2S2. The Morgan fingerprint density at radius 1 is 1.40 bits per heavy atom. The van der Waals surface area contributed by atoms with Crippen LogP contribution in [0.15, 0.2) is 41.8 Å². The van der Waals surface area contributed by atoms with Gasteiger partial charge in [-0.05, 0) is 36.7 Å². The number of benzene rings is 1. The minimum atomic E-state index is -0.185. The van der Waals surface area contributed by atoms with Crippen LogP contribution in [0, 0.1) is 4.77 Å². The summed E-state index contributed by atoms with van der Waals surface area (Å²) in [5.74, 6) is 1.27. The van der Waals surface area contributed by atoms with Gasteiger partial charge >= 0.3 is 0 Å². The van der Waals surface area contributed by atoms with Crippen molar-refractivity contribution >= 4 is 29.5 Å².